The van der Waals surface area contributed by atoms with E-state index in [0.717, 1.165) is 24.6 Å². The largest absolute Gasteiger partial charge is 0.493 e. The summed E-state index contributed by atoms with van der Waals surface area (Å²) in [5.41, 5.74) is -1.13. The first-order valence-electron chi connectivity index (χ1n) is 11.5. The molecular weight excluding hydrogens is 408 g/mol. The number of fused-ring (bicyclic) bond motifs is 2. The third kappa shape index (κ3) is 3.94. The van der Waals surface area contributed by atoms with Crippen LogP contribution in [0.2, 0.25) is 0 Å². The Morgan fingerprint density at radius 1 is 1.12 bits per heavy atom. The Morgan fingerprint density at radius 3 is 2.56 bits per heavy atom. The summed E-state index contributed by atoms with van der Waals surface area (Å²) in [6, 6.07) is 8.59. The molecule has 2 aliphatic carbocycles. The normalized spacial score (nSPS) is 34.0. The van der Waals surface area contributed by atoms with Crippen LogP contribution in [0.3, 0.4) is 0 Å². The van der Waals surface area contributed by atoms with Crippen LogP contribution in [0.25, 0.3) is 11.0 Å². The summed E-state index contributed by atoms with van der Waals surface area (Å²) in [7, 11) is 0. The Kier molecular flexibility index (Phi) is 5.64. The van der Waals surface area contributed by atoms with Crippen LogP contribution in [0.15, 0.2) is 39.5 Å². The minimum atomic E-state index is -0.862. The highest BCUT2D eigenvalue weighted by molar-refractivity contribution is 5.77. The van der Waals surface area contributed by atoms with Gasteiger partial charge in [0, 0.05) is 35.8 Å². The van der Waals surface area contributed by atoms with Gasteiger partial charge in [-0.05, 0) is 62.1 Å². The first-order valence-corrected chi connectivity index (χ1v) is 11.5. The van der Waals surface area contributed by atoms with E-state index in [-0.39, 0.29) is 34.7 Å². The van der Waals surface area contributed by atoms with Crippen molar-refractivity contribution in [2.24, 2.45) is 22.7 Å². The molecule has 1 heterocycles. The third-order valence-electron chi connectivity index (χ3n) is 8.27. The van der Waals surface area contributed by atoms with Gasteiger partial charge in [-0.1, -0.05) is 20.8 Å². The fraction of sp³-hybridized carbons (Fsp3) is 0.615. The molecule has 0 aliphatic heterocycles. The summed E-state index contributed by atoms with van der Waals surface area (Å²) in [6.45, 7) is 10.4. The third-order valence-corrected chi connectivity index (χ3v) is 8.27. The lowest BCUT2D eigenvalue weighted by Gasteiger charge is -2.62. The molecule has 5 atom stereocenters. The van der Waals surface area contributed by atoms with Crippen LogP contribution in [0.1, 0.15) is 60.3 Å². The summed E-state index contributed by atoms with van der Waals surface area (Å²) in [5, 5.41) is 12.2. The van der Waals surface area contributed by atoms with Crippen LogP contribution >= 0.6 is 0 Å². The van der Waals surface area contributed by atoms with Gasteiger partial charge in [-0.15, -0.1) is 0 Å². The highest BCUT2D eigenvalue weighted by Gasteiger charge is 2.61. The molecule has 4 rings (SSSR count). The first-order chi connectivity index (χ1) is 14.9. The van der Waals surface area contributed by atoms with Crippen molar-refractivity contribution in [1.29, 1.82) is 0 Å². The summed E-state index contributed by atoms with van der Waals surface area (Å²) >= 11 is 0. The minimum Gasteiger partial charge on any atom is -0.493 e. The molecule has 1 N–H and O–H groups in total. The van der Waals surface area contributed by atoms with E-state index in [9.17, 15) is 14.7 Å². The topological polar surface area (TPSA) is 86.0 Å². The number of aliphatic hydroxyl groups is 1. The fourth-order valence-electron chi connectivity index (χ4n) is 6.59. The molecule has 6 heteroatoms. The molecule has 0 saturated heterocycles. The van der Waals surface area contributed by atoms with Crippen LogP contribution in [0, 0.1) is 22.7 Å². The summed E-state index contributed by atoms with van der Waals surface area (Å²) in [5.74, 6) is 0.569. The van der Waals surface area contributed by atoms with Crippen molar-refractivity contribution in [1.82, 2.24) is 0 Å². The Hall–Kier alpha value is -2.34. The summed E-state index contributed by atoms with van der Waals surface area (Å²) in [6.07, 6.45) is 3.06. The maximum atomic E-state index is 11.7. The molecule has 0 amide bonds. The van der Waals surface area contributed by atoms with Crippen molar-refractivity contribution in [2.45, 2.75) is 72.0 Å². The molecule has 2 fully saturated rings. The van der Waals surface area contributed by atoms with E-state index in [2.05, 4.69) is 20.8 Å². The van der Waals surface area contributed by atoms with Crippen molar-refractivity contribution in [2.75, 3.05) is 6.61 Å². The van der Waals surface area contributed by atoms with Gasteiger partial charge in [0.25, 0.3) is 0 Å². The predicted octanol–water partition coefficient (Wildman–Crippen LogP) is 4.71. The molecule has 6 nitrogen and oxygen atoms in total. The molecule has 1 aromatic heterocycles. The van der Waals surface area contributed by atoms with E-state index < -0.39 is 11.2 Å². The van der Waals surface area contributed by atoms with Crippen LogP contribution in [-0.4, -0.2) is 29.4 Å². The smallest absolute Gasteiger partial charge is 0.336 e. The van der Waals surface area contributed by atoms with E-state index in [4.69, 9.17) is 13.9 Å². The SMILES string of the molecule is CC(=O)O[C@H]1CC[C@@]2(C)[C@@H](CC[C@@](C)(O)[C@H]2COc2ccc3ccc(=O)oc3c2)C1(C)C. The lowest BCUT2D eigenvalue weighted by atomic mass is 9.45. The van der Waals surface area contributed by atoms with Gasteiger partial charge in [0.2, 0.25) is 0 Å². The number of benzene rings is 1. The molecule has 2 aromatic rings. The van der Waals surface area contributed by atoms with Crippen molar-refractivity contribution < 1.29 is 23.8 Å². The number of carbonyl (C=O) groups is 1. The molecule has 0 spiro atoms. The standard InChI is InChI=1S/C26H34O6/c1-16(27)31-22-11-12-25(4)20(24(22,2)3)10-13-26(5,29)21(25)15-30-18-8-6-17-7-9-23(28)32-19(17)14-18/h6-9,14,20-22,29H,10-13,15H2,1-5H3/t20-,21-,22-,25-,26+/m0/s1. The van der Waals surface area contributed by atoms with Crippen molar-refractivity contribution >= 4 is 16.9 Å². The molecular formula is C26H34O6. The quantitative estimate of drug-likeness (QED) is 0.545. The molecule has 1 aromatic carbocycles. The molecule has 2 saturated carbocycles. The van der Waals surface area contributed by atoms with Gasteiger partial charge in [0.1, 0.15) is 17.4 Å². The Morgan fingerprint density at radius 2 is 1.84 bits per heavy atom. The van der Waals surface area contributed by atoms with Gasteiger partial charge < -0.3 is 19.0 Å². The lowest BCUT2D eigenvalue weighted by Crippen LogP contribution is -2.62. The molecule has 2 aliphatic rings. The van der Waals surface area contributed by atoms with Crippen LogP contribution < -0.4 is 10.4 Å². The van der Waals surface area contributed by atoms with Crippen LogP contribution in [0.5, 0.6) is 5.75 Å². The van der Waals surface area contributed by atoms with Crippen LogP contribution in [-0.2, 0) is 9.53 Å². The number of ether oxygens (including phenoxy) is 2. The number of rotatable bonds is 4. The number of esters is 1. The second-order valence-electron chi connectivity index (χ2n) is 10.7. The van der Waals surface area contributed by atoms with Gasteiger partial charge in [-0.25, -0.2) is 4.79 Å². The van der Waals surface area contributed by atoms with Gasteiger partial charge >= 0.3 is 11.6 Å². The van der Waals surface area contributed by atoms with E-state index in [0.29, 0.717) is 24.4 Å². The van der Waals surface area contributed by atoms with Crippen molar-refractivity contribution in [3.63, 3.8) is 0 Å². The monoisotopic (exact) mass is 442 g/mol. The molecule has 32 heavy (non-hydrogen) atoms. The van der Waals surface area contributed by atoms with Gasteiger partial charge in [0.15, 0.2) is 0 Å². The second kappa shape index (κ2) is 7.91. The maximum absolute atomic E-state index is 11.7. The van der Waals surface area contributed by atoms with E-state index in [1.807, 2.05) is 19.1 Å². The fourth-order valence-corrected chi connectivity index (χ4v) is 6.59. The van der Waals surface area contributed by atoms with Gasteiger partial charge in [-0.3, -0.25) is 4.79 Å². The average Bonchev–Trinajstić information content (AvgIpc) is 2.68. The van der Waals surface area contributed by atoms with E-state index in [1.165, 1.54) is 13.0 Å². The Bertz CT molecular complexity index is 1070. The maximum Gasteiger partial charge on any atom is 0.336 e. The zero-order valence-corrected chi connectivity index (χ0v) is 19.6. The molecule has 0 bridgehead atoms. The minimum absolute atomic E-state index is 0.0928. The first kappa shape index (κ1) is 22.8. The highest BCUT2D eigenvalue weighted by Crippen LogP contribution is 2.62. The molecule has 0 unspecified atom stereocenters. The Labute approximate surface area is 188 Å². The summed E-state index contributed by atoms with van der Waals surface area (Å²) < 4.78 is 17.2. The van der Waals surface area contributed by atoms with Crippen molar-refractivity contribution in [3.05, 3.63) is 40.8 Å². The Balaban J connectivity index is 1.59. The van der Waals surface area contributed by atoms with Crippen LogP contribution in [0.4, 0.5) is 0 Å². The van der Waals surface area contributed by atoms with Gasteiger partial charge in [0.05, 0.1) is 12.2 Å². The number of carbonyl (C=O) groups excluding carboxylic acids is 1. The highest BCUT2D eigenvalue weighted by atomic mass is 16.5. The second-order valence-corrected chi connectivity index (χ2v) is 10.7. The summed E-state index contributed by atoms with van der Waals surface area (Å²) in [4.78, 5) is 23.2. The molecule has 0 radical (unpaired) electrons. The average molecular weight is 443 g/mol. The zero-order valence-electron chi connectivity index (χ0n) is 19.6. The predicted molar refractivity (Wildman–Crippen MR) is 121 cm³/mol. The number of hydrogen-bond donors (Lipinski definition) is 1. The number of hydrogen-bond acceptors (Lipinski definition) is 6. The zero-order chi connectivity index (χ0) is 23.3. The van der Waals surface area contributed by atoms with Crippen molar-refractivity contribution in [3.8, 4) is 5.75 Å². The molecule has 174 valence electrons. The van der Waals surface area contributed by atoms with E-state index in [1.54, 1.807) is 12.1 Å². The van der Waals surface area contributed by atoms with E-state index >= 15 is 0 Å². The van der Waals surface area contributed by atoms with Gasteiger partial charge in [-0.2, -0.15) is 0 Å². The lowest BCUT2D eigenvalue weighted by molar-refractivity contribution is -0.210.